The van der Waals surface area contributed by atoms with Gasteiger partial charge in [-0.3, -0.25) is 0 Å². The summed E-state index contributed by atoms with van der Waals surface area (Å²) in [4.78, 5) is 11.0. The molecule has 1 aliphatic rings. The van der Waals surface area contributed by atoms with Gasteiger partial charge in [0, 0.05) is 11.6 Å². The number of carbonyl (C=O) groups is 1. The average Bonchev–Trinajstić information content (AvgIpc) is 2.85. The van der Waals surface area contributed by atoms with Crippen LogP contribution in [-0.2, 0) is 0 Å². The van der Waals surface area contributed by atoms with Crippen molar-refractivity contribution in [3.63, 3.8) is 0 Å². The van der Waals surface area contributed by atoms with Crippen LogP contribution in [0.5, 0.6) is 5.75 Å². The molecule has 0 aromatic heterocycles. The third-order valence-electron chi connectivity index (χ3n) is 3.61. The van der Waals surface area contributed by atoms with E-state index in [1.807, 2.05) is 0 Å². The standard InChI is InChI=1S/C13H16BrNO3.ClH/c14-10-6-8(13(17)18)5-9(12(10)16)11(15)7-3-1-2-4-7;/h5-7,11,16H,1-4,15H2,(H,17,18);1H/t11-;/m0./s1. The first-order valence-corrected chi connectivity index (χ1v) is 6.81. The van der Waals surface area contributed by atoms with Crippen LogP contribution in [0.2, 0.25) is 0 Å². The third kappa shape index (κ3) is 3.41. The van der Waals surface area contributed by atoms with E-state index in [2.05, 4.69) is 15.9 Å². The smallest absolute Gasteiger partial charge is 0.335 e. The van der Waals surface area contributed by atoms with Crippen molar-refractivity contribution in [1.29, 1.82) is 0 Å². The van der Waals surface area contributed by atoms with E-state index in [1.54, 1.807) is 0 Å². The number of carboxylic acid groups (broad SMARTS) is 1. The Balaban J connectivity index is 0.00000180. The van der Waals surface area contributed by atoms with Crippen molar-refractivity contribution in [3.8, 4) is 5.75 Å². The number of aromatic carboxylic acids is 1. The van der Waals surface area contributed by atoms with Crippen molar-refractivity contribution >= 4 is 34.3 Å². The van der Waals surface area contributed by atoms with Gasteiger partial charge in [-0.15, -0.1) is 12.4 Å². The molecule has 4 nitrogen and oxygen atoms in total. The quantitative estimate of drug-likeness (QED) is 0.779. The molecule has 0 amide bonds. The minimum absolute atomic E-state index is 0. The van der Waals surface area contributed by atoms with Gasteiger partial charge in [0.05, 0.1) is 10.0 Å². The molecule has 1 aliphatic carbocycles. The number of aromatic hydroxyl groups is 1. The third-order valence-corrected chi connectivity index (χ3v) is 4.21. The Morgan fingerprint density at radius 2 is 1.95 bits per heavy atom. The van der Waals surface area contributed by atoms with E-state index < -0.39 is 5.97 Å². The largest absolute Gasteiger partial charge is 0.506 e. The molecule has 106 valence electrons. The van der Waals surface area contributed by atoms with E-state index >= 15 is 0 Å². The molecule has 4 N–H and O–H groups in total. The van der Waals surface area contributed by atoms with Crippen molar-refractivity contribution in [2.75, 3.05) is 0 Å². The van der Waals surface area contributed by atoms with Crippen molar-refractivity contribution < 1.29 is 15.0 Å². The van der Waals surface area contributed by atoms with Crippen molar-refractivity contribution in [1.82, 2.24) is 0 Å². The maximum absolute atomic E-state index is 11.0. The highest BCUT2D eigenvalue weighted by molar-refractivity contribution is 9.10. The Morgan fingerprint density at radius 3 is 2.47 bits per heavy atom. The van der Waals surface area contributed by atoms with Gasteiger partial charge in [-0.25, -0.2) is 4.79 Å². The van der Waals surface area contributed by atoms with E-state index in [0.29, 0.717) is 16.0 Å². The van der Waals surface area contributed by atoms with Gasteiger partial charge in [-0.2, -0.15) is 0 Å². The number of carboxylic acids is 1. The first kappa shape index (κ1) is 16.3. The highest BCUT2D eigenvalue weighted by Gasteiger charge is 2.26. The molecule has 1 aromatic carbocycles. The molecule has 6 heteroatoms. The molecule has 1 aromatic rings. The molecule has 1 fully saturated rings. The lowest BCUT2D eigenvalue weighted by Crippen LogP contribution is -2.20. The molecule has 0 radical (unpaired) electrons. The predicted molar refractivity (Wildman–Crippen MR) is 78.9 cm³/mol. The fourth-order valence-corrected chi connectivity index (χ4v) is 3.04. The predicted octanol–water partition coefficient (Wildman–Crippen LogP) is 3.46. The van der Waals surface area contributed by atoms with E-state index in [-0.39, 0.29) is 29.8 Å². The fourth-order valence-electron chi connectivity index (χ4n) is 2.57. The van der Waals surface area contributed by atoms with E-state index in [0.717, 1.165) is 25.7 Å². The zero-order valence-electron chi connectivity index (χ0n) is 10.3. The fraction of sp³-hybridized carbons (Fsp3) is 0.462. The molecule has 19 heavy (non-hydrogen) atoms. The molecule has 0 spiro atoms. The highest BCUT2D eigenvalue weighted by atomic mass is 79.9. The van der Waals surface area contributed by atoms with Crippen LogP contribution < -0.4 is 5.73 Å². The van der Waals surface area contributed by atoms with Gasteiger partial charge in [0.1, 0.15) is 5.75 Å². The molecular formula is C13H17BrClNO3. The Hall–Kier alpha value is -0.780. The molecule has 0 bridgehead atoms. The van der Waals surface area contributed by atoms with Crippen molar-refractivity contribution in [2.24, 2.45) is 11.7 Å². The normalized spacial score (nSPS) is 16.9. The lowest BCUT2D eigenvalue weighted by atomic mass is 9.91. The lowest BCUT2D eigenvalue weighted by molar-refractivity contribution is 0.0696. The van der Waals surface area contributed by atoms with Crippen molar-refractivity contribution in [2.45, 2.75) is 31.7 Å². The number of hydrogen-bond acceptors (Lipinski definition) is 3. The van der Waals surface area contributed by atoms with Gasteiger partial charge >= 0.3 is 5.97 Å². The monoisotopic (exact) mass is 349 g/mol. The Bertz CT molecular complexity index is 475. The van der Waals surface area contributed by atoms with Crippen LogP contribution in [0.25, 0.3) is 0 Å². The number of phenols is 1. The summed E-state index contributed by atoms with van der Waals surface area (Å²) in [6, 6.07) is 2.57. The molecule has 0 unspecified atom stereocenters. The lowest BCUT2D eigenvalue weighted by Gasteiger charge is -2.21. The first-order chi connectivity index (χ1) is 8.50. The number of hydrogen-bond donors (Lipinski definition) is 3. The van der Waals surface area contributed by atoms with Gasteiger partial charge in [-0.05, 0) is 46.8 Å². The minimum atomic E-state index is -1.02. The number of halogens is 2. The summed E-state index contributed by atoms with van der Waals surface area (Å²) >= 11 is 3.17. The van der Waals surface area contributed by atoms with E-state index in [1.165, 1.54) is 12.1 Å². The van der Waals surface area contributed by atoms with Crippen LogP contribution >= 0.6 is 28.3 Å². The summed E-state index contributed by atoms with van der Waals surface area (Å²) in [6.45, 7) is 0. The van der Waals surface area contributed by atoms with E-state index in [9.17, 15) is 9.90 Å². The molecule has 1 saturated carbocycles. The summed E-state index contributed by atoms with van der Waals surface area (Å²) in [5.74, 6) is -0.637. The van der Waals surface area contributed by atoms with Gasteiger partial charge < -0.3 is 15.9 Å². The van der Waals surface area contributed by atoms with Gasteiger partial charge in [-0.1, -0.05) is 12.8 Å². The van der Waals surface area contributed by atoms with Crippen LogP contribution in [0.15, 0.2) is 16.6 Å². The molecule has 0 saturated heterocycles. The van der Waals surface area contributed by atoms with Crippen LogP contribution in [0.3, 0.4) is 0 Å². The number of benzene rings is 1. The summed E-state index contributed by atoms with van der Waals surface area (Å²) in [6.07, 6.45) is 4.38. The average molecular weight is 351 g/mol. The number of nitrogens with two attached hydrogens (primary N) is 1. The molecule has 1 atom stereocenters. The van der Waals surface area contributed by atoms with Gasteiger partial charge in [0.25, 0.3) is 0 Å². The zero-order valence-corrected chi connectivity index (χ0v) is 12.7. The number of phenolic OH excluding ortho intramolecular Hbond substituents is 1. The number of rotatable bonds is 3. The van der Waals surface area contributed by atoms with Crippen LogP contribution in [-0.4, -0.2) is 16.2 Å². The molecular weight excluding hydrogens is 334 g/mol. The minimum Gasteiger partial charge on any atom is -0.506 e. The topological polar surface area (TPSA) is 83.6 Å². The molecule has 0 aliphatic heterocycles. The summed E-state index contributed by atoms with van der Waals surface area (Å²) in [5.41, 5.74) is 6.83. The molecule has 0 heterocycles. The second-order valence-corrected chi connectivity index (χ2v) is 5.63. The maximum Gasteiger partial charge on any atom is 0.335 e. The Kier molecular flexibility index (Phi) is 5.64. The van der Waals surface area contributed by atoms with Crippen LogP contribution in [0.1, 0.15) is 47.6 Å². The summed E-state index contributed by atoms with van der Waals surface area (Å²) in [7, 11) is 0. The maximum atomic E-state index is 11.0. The van der Waals surface area contributed by atoms with Crippen LogP contribution in [0, 0.1) is 5.92 Å². The first-order valence-electron chi connectivity index (χ1n) is 6.02. The van der Waals surface area contributed by atoms with Crippen LogP contribution in [0.4, 0.5) is 0 Å². The highest BCUT2D eigenvalue weighted by Crippen LogP contribution is 2.40. The summed E-state index contributed by atoms with van der Waals surface area (Å²) in [5, 5.41) is 19.0. The van der Waals surface area contributed by atoms with Crippen molar-refractivity contribution in [3.05, 3.63) is 27.7 Å². The Labute approximate surface area is 126 Å². The zero-order chi connectivity index (χ0) is 13.3. The molecule has 2 rings (SSSR count). The second-order valence-electron chi connectivity index (χ2n) is 4.77. The second kappa shape index (κ2) is 6.59. The SMILES string of the molecule is Cl.N[C@H](c1cc(C(=O)O)cc(Br)c1O)C1CCCC1. The summed E-state index contributed by atoms with van der Waals surface area (Å²) < 4.78 is 0.380. The Morgan fingerprint density at radius 1 is 1.37 bits per heavy atom. The van der Waals surface area contributed by atoms with E-state index in [4.69, 9.17) is 10.8 Å². The van der Waals surface area contributed by atoms with Gasteiger partial charge in [0.15, 0.2) is 0 Å². The van der Waals surface area contributed by atoms with Gasteiger partial charge in [0.2, 0.25) is 0 Å².